The third-order valence-corrected chi connectivity index (χ3v) is 1.97. The van der Waals surface area contributed by atoms with Crippen LogP contribution in [0.2, 0.25) is 5.02 Å². The lowest BCUT2D eigenvalue weighted by atomic mass is 10.1. The number of Topliss-reactive ketones (excluding diaryl/α,β-unsaturated/α-hetero) is 1. The summed E-state index contributed by atoms with van der Waals surface area (Å²) in [7, 11) is 0. The van der Waals surface area contributed by atoms with Crippen LogP contribution in [0.25, 0.3) is 0 Å². The Bertz CT molecular complexity index is 399. The van der Waals surface area contributed by atoms with Crippen molar-refractivity contribution in [3.8, 4) is 0 Å². The molecule has 0 fully saturated rings. The first-order chi connectivity index (χ1) is 7.28. The zero-order valence-corrected chi connectivity index (χ0v) is 10.7. The summed E-state index contributed by atoms with van der Waals surface area (Å²) in [5.74, 6) is 1.09. The largest absolute Gasteiger partial charge is 0.364 e. The maximum atomic E-state index is 11.0. The Morgan fingerprint density at radius 1 is 1.50 bits per heavy atom. The number of hydrogen-bond donors (Lipinski definition) is 1. The third-order valence-electron chi connectivity index (χ3n) is 1.69. The summed E-state index contributed by atoms with van der Waals surface area (Å²) < 4.78 is 0. The van der Waals surface area contributed by atoms with E-state index < -0.39 is 0 Å². The molecule has 0 unspecified atom stereocenters. The molecule has 0 spiro atoms. The average Bonchev–Trinajstić information content (AvgIpc) is 2.07. The van der Waals surface area contributed by atoms with Crippen molar-refractivity contribution in [2.24, 2.45) is 0 Å². The highest BCUT2D eigenvalue weighted by molar-refractivity contribution is 6.32. The summed E-state index contributed by atoms with van der Waals surface area (Å²) in [4.78, 5) is 19.2. The number of anilines is 1. The topological polar surface area (TPSA) is 54.9 Å². The van der Waals surface area contributed by atoms with Crippen molar-refractivity contribution in [3.63, 3.8) is 0 Å². The Kier molecular flexibility index (Phi) is 3.86. The summed E-state index contributed by atoms with van der Waals surface area (Å²) in [6.07, 6.45) is 1.75. The number of ketones is 1. The van der Waals surface area contributed by atoms with E-state index in [4.69, 9.17) is 11.6 Å². The summed E-state index contributed by atoms with van der Waals surface area (Å²) in [6, 6.07) is 0. The quantitative estimate of drug-likeness (QED) is 0.883. The van der Waals surface area contributed by atoms with E-state index in [2.05, 4.69) is 15.3 Å². The van der Waals surface area contributed by atoms with E-state index in [9.17, 15) is 4.79 Å². The fourth-order valence-electron chi connectivity index (χ4n) is 1.15. The second-order valence-corrected chi connectivity index (χ2v) is 5.14. The number of hydrogen-bond acceptors (Lipinski definition) is 4. The van der Waals surface area contributed by atoms with Crippen LogP contribution in [0.3, 0.4) is 0 Å². The van der Waals surface area contributed by atoms with E-state index in [1.165, 1.54) is 13.1 Å². The molecule has 0 aromatic carbocycles. The highest BCUT2D eigenvalue weighted by Gasteiger charge is 2.14. The molecule has 0 aliphatic heterocycles. The number of rotatable bonds is 3. The van der Waals surface area contributed by atoms with E-state index >= 15 is 0 Å². The number of carbonyl (C=O) groups excluding carboxylic acids is 1. The van der Waals surface area contributed by atoms with Gasteiger partial charge in [0.2, 0.25) is 0 Å². The van der Waals surface area contributed by atoms with Crippen LogP contribution in [0.15, 0.2) is 6.20 Å². The number of nitrogens with one attached hydrogen (secondary N) is 1. The van der Waals surface area contributed by atoms with Gasteiger partial charge in [-0.2, -0.15) is 0 Å². The van der Waals surface area contributed by atoms with Gasteiger partial charge in [0, 0.05) is 5.54 Å². The second-order valence-electron chi connectivity index (χ2n) is 4.74. The lowest BCUT2D eigenvalue weighted by Crippen LogP contribution is -2.27. The first-order valence-electron chi connectivity index (χ1n) is 5.07. The smallest absolute Gasteiger partial charge is 0.148 e. The van der Waals surface area contributed by atoms with Crippen molar-refractivity contribution in [2.75, 3.05) is 5.32 Å². The molecule has 1 N–H and O–H groups in total. The Morgan fingerprint density at radius 3 is 2.62 bits per heavy atom. The van der Waals surface area contributed by atoms with Crippen molar-refractivity contribution in [1.29, 1.82) is 0 Å². The standard InChI is InChI=1S/C11H16ClN3O/c1-7(16)5-9-13-6-8(12)10(14-9)15-11(2,3)4/h6H,5H2,1-4H3,(H,13,14,15). The van der Waals surface area contributed by atoms with Crippen LogP contribution in [0.4, 0.5) is 5.82 Å². The Morgan fingerprint density at radius 2 is 2.12 bits per heavy atom. The number of nitrogens with zero attached hydrogens (tertiary/aromatic N) is 2. The molecule has 0 bridgehead atoms. The molecule has 16 heavy (non-hydrogen) atoms. The molecule has 0 radical (unpaired) electrons. The van der Waals surface area contributed by atoms with E-state index in [-0.39, 0.29) is 17.7 Å². The van der Waals surface area contributed by atoms with Gasteiger partial charge in [-0.3, -0.25) is 4.79 Å². The normalized spacial score (nSPS) is 11.3. The molecule has 1 rings (SSSR count). The molecule has 0 saturated carbocycles. The number of aromatic nitrogens is 2. The predicted molar refractivity (Wildman–Crippen MR) is 64.8 cm³/mol. The van der Waals surface area contributed by atoms with Crippen molar-refractivity contribution in [3.05, 3.63) is 17.0 Å². The van der Waals surface area contributed by atoms with E-state index in [0.29, 0.717) is 16.7 Å². The lowest BCUT2D eigenvalue weighted by Gasteiger charge is -2.22. The molecule has 1 heterocycles. The zero-order chi connectivity index (χ0) is 12.3. The van der Waals surface area contributed by atoms with Gasteiger partial charge in [0.05, 0.1) is 12.6 Å². The first kappa shape index (κ1) is 12.9. The molecule has 5 heteroatoms. The van der Waals surface area contributed by atoms with Crippen LogP contribution in [0.5, 0.6) is 0 Å². The maximum absolute atomic E-state index is 11.0. The third kappa shape index (κ3) is 4.14. The maximum Gasteiger partial charge on any atom is 0.148 e. The molecule has 0 atom stereocenters. The minimum atomic E-state index is -0.133. The fourth-order valence-corrected chi connectivity index (χ4v) is 1.29. The molecule has 88 valence electrons. The molecular formula is C11H16ClN3O. The van der Waals surface area contributed by atoms with Gasteiger partial charge in [0.1, 0.15) is 22.4 Å². The summed E-state index contributed by atoms with van der Waals surface area (Å²) in [6.45, 7) is 7.54. The van der Waals surface area contributed by atoms with E-state index in [0.717, 1.165) is 0 Å². The summed E-state index contributed by atoms with van der Waals surface area (Å²) >= 11 is 5.97. The van der Waals surface area contributed by atoms with Crippen molar-refractivity contribution >= 4 is 23.2 Å². The van der Waals surface area contributed by atoms with E-state index in [1.807, 2.05) is 20.8 Å². The predicted octanol–water partition coefficient (Wildman–Crippen LogP) is 2.47. The van der Waals surface area contributed by atoms with Crippen LogP contribution in [0, 0.1) is 0 Å². The molecule has 0 saturated heterocycles. The molecule has 0 aliphatic rings. The number of carbonyl (C=O) groups is 1. The van der Waals surface area contributed by atoms with Crippen molar-refractivity contribution in [1.82, 2.24) is 9.97 Å². The van der Waals surface area contributed by atoms with Gasteiger partial charge in [-0.05, 0) is 27.7 Å². The summed E-state index contributed by atoms with van der Waals surface area (Å²) in [5.41, 5.74) is -0.133. The van der Waals surface area contributed by atoms with Crippen LogP contribution in [0.1, 0.15) is 33.5 Å². The highest BCUT2D eigenvalue weighted by Crippen LogP contribution is 2.21. The van der Waals surface area contributed by atoms with Crippen LogP contribution >= 0.6 is 11.6 Å². The lowest BCUT2D eigenvalue weighted by molar-refractivity contribution is -0.116. The molecule has 0 aliphatic carbocycles. The van der Waals surface area contributed by atoms with Crippen molar-refractivity contribution < 1.29 is 4.79 Å². The monoisotopic (exact) mass is 241 g/mol. The van der Waals surface area contributed by atoms with E-state index in [1.54, 1.807) is 0 Å². The van der Waals surface area contributed by atoms with Gasteiger partial charge in [-0.1, -0.05) is 11.6 Å². The SMILES string of the molecule is CC(=O)Cc1ncc(Cl)c(NC(C)(C)C)n1. The van der Waals surface area contributed by atoms with Crippen LogP contribution < -0.4 is 5.32 Å². The van der Waals surface area contributed by atoms with Gasteiger partial charge < -0.3 is 5.32 Å². The van der Waals surface area contributed by atoms with Gasteiger partial charge in [-0.25, -0.2) is 9.97 Å². The Labute approximate surface area is 100 Å². The summed E-state index contributed by atoms with van der Waals surface area (Å²) in [5, 5.41) is 3.63. The minimum absolute atomic E-state index is 0.0315. The van der Waals surface area contributed by atoms with Gasteiger partial charge in [0.15, 0.2) is 0 Å². The first-order valence-corrected chi connectivity index (χ1v) is 5.45. The van der Waals surface area contributed by atoms with Crippen LogP contribution in [-0.4, -0.2) is 21.3 Å². The Hall–Kier alpha value is -1.16. The molecule has 4 nitrogen and oxygen atoms in total. The minimum Gasteiger partial charge on any atom is -0.364 e. The second kappa shape index (κ2) is 4.78. The van der Waals surface area contributed by atoms with Gasteiger partial charge in [-0.15, -0.1) is 0 Å². The molecule has 0 amide bonds. The fraction of sp³-hybridized carbons (Fsp3) is 0.545. The molecule has 1 aromatic heterocycles. The van der Waals surface area contributed by atoms with Gasteiger partial charge in [0.25, 0.3) is 0 Å². The number of halogens is 1. The average molecular weight is 242 g/mol. The highest BCUT2D eigenvalue weighted by atomic mass is 35.5. The zero-order valence-electron chi connectivity index (χ0n) is 9.97. The molecule has 1 aromatic rings. The van der Waals surface area contributed by atoms with Crippen molar-refractivity contribution in [2.45, 2.75) is 39.7 Å². The molecular weight excluding hydrogens is 226 g/mol. The van der Waals surface area contributed by atoms with Gasteiger partial charge >= 0.3 is 0 Å². The van der Waals surface area contributed by atoms with Crippen LogP contribution in [-0.2, 0) is 11.2 Å². The Balaban J connectivity index is 2.95.